The quantitative estimate of drug-likeness (QED) is 0.640. The van der Waals surface area contributed by atoms with Gasteiger partial charge in [-0.25, -0.2) is 0 Å². The van der Waals surface area contributed by atoms with Crippen LogP contribution in [0.2, 0.25) is 0 Å². The zero-order chi connectivity index (χ0) is 7.52. The lowest BCUT2D eigenvalue weighted by molar-refractivity contribution is 0.0784. The van der Waals surface area contributed by atoms with E-state index in [1.807, 2.05) is 30.3 Å². The van der Waals surface area contributed by atoms with Crippen molar-refractivity contribution in [3.8, 4) is 0 Å². The van der Waals surface area contributed by atoms with Gasteiger partial charge in [-0.15, -0.1) is 0 Å². The molecule has 1 N–H and O–H groups in total. The zero-order valence-corrected chi connectivity index (χ0v) is 6.03. The highest BCUT2D eigenvalue weighted by molar-refractivity contribution is 5.18. The molecule has 0 aromatic heterocycles. The first-order chi connectivity index (χ1) is 5.47. The lowest BCUT2D eigenvalue weighted by atomic mass is 10.2. The van der Waals surface area contributed by atoms with Gasteiger partial charge < -0.3 is 0 Å². The summed E-state index contributed by atoms with van der Waals surface area (Å²) in [6.45, 7) is 0.513. The largest absolute Gasteiger partial charge is 0.270 e. The fraction of sp³-hybridized carbons (Fsp3) is 0.250. The third-order valence-corrected chi connectivity index (χ3v) is 1.64. The Morgan fingerprint density at radius 2 is 2.18 bits per heavy atom. The van der Waals surface area contributed by atoms with Gasteiger partial charge in [0.1, 0.15) is 12.9 Å². The molecule has 3 nitrogen and oxygen atoms in total. The van der Waals surface area contributed by atoms with Gasteiger partial charge in [-0.2, -0.15) is 0 Å². The Morgan fingerprint density at radius 3 is 2.82 bits per heavy atom. The van der Waals surface area contributed by atoms with E-state index in [4.69, 9.17) is 4.84 Å². The van der Waals surface area contributed by atoms with Crippen LogP contribution in [0.15, 0.2) is 30.3 Å². The highest BCUT2D eigenvalue weighted by atomic mass is 16.7. The summed E-state index contributed by atoms with van der Waals surface area (Å²) in [5.74, 6) is 0. The average molecular weight is 149 g/mol. The number of nitrogens with one attached hydrogen (secondary N) is 1. The Hall–Kier alpha value is -0.900. The van der Waals surface area contributed by atoms with Crippen LogP contribution in [0.25, 0.3) is 0 Å². The zero-order valence-electron chi connectivity index (χ0n) is 6.03. The summed E-state index contributed by atoms with van der Waals surface area (Å²) in [5.41, 5.74) is 5.04. The van der Waals surface area contributed by atoms with Crippen LogP contribution in [-0.4, -0.2) is 6.73 Å². The van der Waals surface area contributed by atoms with E-state index in [0.29, 0.717) is 6.73 Å². The summed E-state index contributed by atoms with van der Waals surface area (Å²) in [6, 6.07) is 10.0. The van der Waals surface area contributed by atoms with E-state index in [1.165, 1.54) is 0 Å². The van der Waals surface area contributed by atoms with E-state index < -0.39 is 0 Å². The lowest BCUT2D eigenvalue weighted by Crippen LogP contribution is -2.16. The molecule has 1 aliphatic heterocycles. The molecule has 1 atom stereocenters. The molecular weight excluding hydrogens is 140 g/mol. The lowest BCUT2D eigenvalue weighted by Gasteiger charge is -2.05. The Morgan fingerprint density at radius 1 is 1.36 bits per heavy atom. The van der Waals surface area contributed by atoms with Gasteiger partial charge in [0, 0.05) is 0 Å². The van der Waals surface area contributed by atoms with Crippen molar-refractivity contribution < 1.29 is 4.84 Å². The van der Waals surface area contributed by atoms with Crippen molar-refractivity contribution in [3.63, 3.8) is 0 Å². The van der Waals surface area contributed by atoms with Crippen LogP contribution >= 0.6 is 0 Å². The highest BCUT2D eigenvalue weighted by Crippen LogP contribution is 2.12. The second-order valence-electron chi connectivity index (χ2n) is 2.40. The Balaban J connectivity index is 2.16. The van der Waals surface area contributed by atoms with Crippen LogP contribution in [0, 0.1) is 0 Å². The van der Waals surface area contributed by atoms with Crippen LogP contribution < -0.4 is 10.8 Å². The molecule has 0 saturated carbocycles. The molecule has 1 radical (unpaired) electrons. The molecule has 1 aliphatic rings. The van der Waals surface area contributed by atoms with Gasteiger partial charge in [-0.05, 0) is 5.56 Å². The minimum Gasteiger partial charge on any atom is -0.270 e. The third-order valence-electron chi connectivity index (χ3n) is 1.64. The van der Waals surface area contributed by atoms with Crippen molar-refractivity contribution in [1.29, 1.82) is 0 Å². The van der Waals surface area contributed by atoms with Crippen molar-refractivity contribution >= 4 is 0 Å². The van der Waals surface area contributed by atoms with Crippen molar-refractivity contribution in [2.45, 2.75) is 6.17 Å². The van der Waals surface area contributed by atoms with Crippen LogP contribution in [0.3, 0.4) is 0 Å². The molecule has 3 heteroatoms. The smallest absolute Gasteiger partial charge is 0.131 e. The molecule has 1 heterocycles. The molecule has 1 fully saturated rings. The maximum absolute atomic E-state index is 4.83. The van der Waals surface area contributed by atoms with E-state index in [2.05, 4.69) is 10.8 Å². The molecule has 0 amide bonds. The Bertz CT molecular complexity index is 219. The monoisotopic (exact) mass is 149 g/mol. The van der Waals surface area contributed by atoms with Crippen molar-refractivity contribution in [1.82, 2.24) is 10.8 Å². The molecule has 0 spiro atoms. The van der Waals surface area contributed by atoms with Crippen molar-refractivity contribution in [2.24, 2.45) is 0 Å². The van der Waals surface area contributed by atoms with E-state index in [-0.39, 0.29) is 6.17 Å². The number of hydrogen-bond acceptors (Lipinski definition) is 2. The minimum absolute atomic E-state index is 0.0243. The average Bonchev–Trinajstić information content (AvgIpc) is 2.58. The summed E-state index contributed by atoms with van der Waals surface area (Å²) in [6.07, 6.45) is 0.0243. The fourth-order valence-electron chi connectivity index (χ4n) is 1.08. The second-order valence-corrected chi connectivity index (χ2v) is 2.40. The first kappa shape index (κ1) is 6.79. The van der Waals surface area contributed by atoms with Gasteiger partial charge in [-0.1, -0.05) is 35.8 Å². The molecule has 0 aliphatic carbocycles. The highest BCUT2D eigenvalue weighted by Gasteiger charge is 2.16. The predicted octanol–water partition coefficient (Wildman–Crippen LogP) is 0.782. The Kier molecular flexibility index (Phi) is 1.85. The van der Waals surface area contributed by atoms with Gasteiger partial charge in [-0.3, -0.25) is 10.2 Å². The van der Waals surface area contributed by atoms with E-state index in [9.17, 15) is 0 Å². The topological polar surface area (TPSA) is 35.4 Å². The number of hydroxylamine groups is 1. The maximum atomic E-state index is 4.83. The maximum Gasteiger partial charge on any atom is 0.131 e. The predicted molar refractivity (Wildman–Crippen MR) is 40.4 cm³/mol. The summed E-state index contributed by atoms with van der Waals surface area (Å²) < 4.78 is 0. The molecule has 0 bridgehead atoms. The molecule has 1 saturated heterocycles. The van der Waals surface area contributed by atoms with E-state index in [0.717, 1.165) is 5.56 Å². The molecule has 57 valence electrons. The van der Waals surface area contributed by atoms with E-state index in [1.54, 1.807) is 0 Å². The first-order valence-electron chi connectivity index (χ1n) is 3.57. The van der Waals surface area contributed by atoms with Gasteiger partial charge >= 0.3 is 0 Å². The minimum atomic E-state index is 0.0243. The van der Waals surface area contributed by atoms with E-state index >= 15 is 0 Å². The third kappa shape index (κ3) is 1.40. The van der Waals surface area contributed by atoms with Crippen LogP contribution in [0.1, 0.15) is 11.7 Å². The molecule has 1 aromatic carbocycles. The number of benzene rings is 1. The molecular formula is C8H9N2O. The van der Waals surface area contributed by atoms with Crippen LogP contribution in [0.5, 0.6) is 0 Å². The molecule has 11 heavy (non-hydrogen) atoms. The molecule has 1 unspecified atom stereocenters. The number of hydrogen-bond donors (Lipinski definition) is 1. The molecule has 2 rings (SSSR count). The van der Waals surface area contributed by atoms with Crippen molar-refractivity contribution in [3.05, 3.63) is 35.9 Å². The van der Waals surface area contributed by atoms with Crippen molar-refractivity contribution in [2.75, 3.05) is 6.73 Å². The van der Waals surface area contributed by atoms with Crippen LogP contribution in [0.4, 0.5) is 0 Å². The second kappa shape index (κ2) is 3.00. The summed E-state index contributed by atoms with van der Waals surface area (Å²) >= 11 is 0. The molecule has 1 aromatic rings. The number of rotatable bonds is 1. The van der Waals surface area contributed by atoms with Crippen LogP contribution in [-0.2, 0) is 4.84 Å². The summed E-state index contributed by atoms with van der Waals surface area (Å²) in [7, 11) is 0. The first-order valence-corrected chi connectivity index (χ1v) is 3.57. The summed E-state index contributed by atoms with van der Waals surface area (Å²) in [4.78, 5) is 4.83. The fourth-order valence-corrected chi connectivity index (χ4v) is 1.08. The van der Waals surface area contributed by atoms with Gasteiger partial charge in [0.25, 0.3) is 0 Å². The SMILES string of the molecule is c1ccc(C2[N]OCN2)cc1. The standard InChI is InChI=1S/C8H9N2O/c1-2-4-7(5-3-1)8-9-6-11-10-8/h1-5,8-9H,6H2. The van der Waals surface area contributed by atoms with Gasteiger partial charge in [0.15, 0.2) is 0 Å². The Labute approximate surface area is 65.3 Å². The summed E-state index contributed by atoms with van der Waals surface area (Å²) in [5, 5.41) is 3.08. The van der Waals surface area contributed by atoms with Gasteiger partial charge in [0.05, 0.1) is 0 Å². The number of nitrogens with zero attached hydrogens (tertiary/aromatic N) is 1. The normalized spacial score (nSPS) is 23.8. The van der Waals surface area contributed by atoms with Gasteiger partial charge in [0.2, 0.25) is 0 Å².